The van der Waals surface area contributed by atoms with Gasteiger partial charge in [-0.05, 0) is 237 Å². The molecule has 0 aliphatic rings. The predicted octanol–water partition coefficient (Wildman–Crippen LogP) is 32.8. The van der Waals surface area contributed by atoms with Crippen LogP contribution in [0.4, 0.5) is 22.7 Å². The number of nitrogen functional groups attached to an aromatic ring is 2. The Labute approximate surface area is 810 Å². The molecular formula is C112H114Cl7N5O7. The van der Waals surface area contributed by atoms with Gasteiger partial charge in [-0.3, -0.25) is 9.59 Å². The van der Waals surface area contributed by atoms with E-state index in [1.54, 1.807) is 107 Å². The van der Waals surface area contributed by atoms with Crippen LogP contribution in [0.5, 0.6) is 34.5 Å². The summed E-state index contributed by atoms with van der Waals surface area (Å²) < 4.78 is 25.7. The van der Waals surface area contributed by atoms with Crippen molar-refractivity contribution in [1.29, 1.82) is 5.26 Å². The minimum atomic E-state index is -0.113. The molecule has 16 rings (SSSR count). The Morgan fingerprint density at radius 1 is 0.336 bits per heavy atom. The first kappa shape index (κ1) is 112. The Kier molecular flexibility index (Phi) is 60.2. The summed E-state index contributed by atoms with van der Waals surface area (Å²) in [7, 11) is 6.62. The standard InChI is InChI=1S/C12H10O.C12H10.C10H14O.C9H12.C8H8ClNO.C8H9NO.C8H10O2.C7H7Cl.C7H5N.C7H8O.2C6H4Cl2.C6H6ClN.C6H7N/c1-3-7-11(8-4-1)13-12-9-5-2-6-10-12;1-3-7-11(8-4-1)12-9-5-2-6-10-12;1-7-5-8(2)9(3)10(6-7)11-4;1-2-6-9-7-4-3-5-8-9;1-6(11)10-8-5-3-2-4-7(8)9;1-7(10)9-8-5-3-2-4-6-8;1-9-7-5-3-4-6-8(7)10-2;1-6-4-2-3-5-7(6)8;8-6-7-4-2-1-3-5-7;1-8-7-5-3-2-4-6-7;7-5-1-2-6(8)4-3-5;7-5-2-1-3-6(8)4-5;7-5-3-1-2-4-6(5)8;7-6-4-2-1-3-5-6/h1-10H;1-10H;5-6H,1-4H3;3-5,7-8H,2,6H2,1H3;2-5H,1H3,(H,10,11);2-6H,1H3,(H,9,10);3-6H,1-2H3;2-5H,1H3;1-5H;2-6H,1H3;2*1-4H;1-4H,8H2;1-5H,7H2. The number of amides is 2. The number of rotatable bonds is 11. The molecule has 0 heterocycles. The monoisotopic (exact) mass is 1890 g/mol. The maximum absolute atomic E-state index is 10.6. The van der Waals surface area contributed by atoms with Gasteiger partial charge in [0.2, 0.25) is 11.8 Å². The van der Waals surface area contributed by atoms with Crippen LogP contribution in [0.2, 0.25) is 35.2 Å². The van der Waals surface area contributed by atoms with E-state index in [2.05, 4.69) is 129 Å². The molecule has 131 heavy (non-hydrogen) atoms. The lowest BCUT2D eigenvalue weighted by atomic mass is 10.1. The van der Waals surface area contributed by atoms with Crippen molar-refractivity contribution in [1.82, 2.24) is 0 Å². The summed E-state index contributed by atoms with van der Waals surface area (Å²) in [5.74, 6) is 5.02. The highest BCUT2D eigenvalue weighted by atomic mass is 35.5. The zero-order valence-electron chi connectivity index (χ0n) is 75.5. The van der Waals surface area contributed by atoms with E-state index in [1.807, 2.05) is 274 Å². The molecule has 0 atom stereocenters. The second-order valence-corrected chi connectivity index (χ2v) is 30.2. The third-order valence-electron chi connectivity index (χ3n) is 16.8. The van der Waals surface area contributed by atoms with Crippen LogP contribution in [0.1, 0.15) is 60.6 Å². The summed E-state index contributed by atoms with van der Waals surface area (Å²) in [5, 5.41) is 18.4. The number of para-hydroxylation sites is 9. The molecule has 0 aromatic heterocycles. The third-order valence-corrected chi connectivity index (χ3v) is 18.9. The minimum Gasteiger partial charge on any atom is -0.497 e. The number of hydrogen-bond acceptors (Lipinski definition) is 10. The van der Waals surface area contributed by atoms with Gasteiger partial charge in [-0.15, -0.1) is 0 Å². The molecule has 16 aromatic rings. The average Bonchev–Trinajstić information content (AvgIpc) is 0.863. The van der Waals surface area contributed by atoms with Crippen LogP contribution in [-0.4, -0.2) is 40.3 Å². The van der Waals surface area contributed by atoms with Crippen molar-refractivity contribution in [2.45, 2.75) is 61.3 Å². The van der Waals surface area contributed by atoms with E-state index in [-0.39, 0.29) is 11.8 Å². The van der Waals surface area contributed by atoms with Gasteiger partial charge in [0.05, 0.1) is 61.5 Å². The van der Waals surface area contributed by atoms with E-state index in [4.69, 9.17) is 122 Å². The molecule has 2 amide bonds. The Bertz CT molecular complexity index is 5470. The summed E-state index contributed by atoms with van der Waals surface area (Å²) in [6, 6.07) is 139. The number of nitrogens with one attached hydrogen (secondary N) is 2. The number of nitrogens with two attached hydrogens (primary N) is 2. The maximum Gasteiger partial charge on any atom is 0.221 e. The molecule has 0 radical (unpaired) electrons. The molecule has 0 aliphatic carbocycles. The lowest BCUT2D eigenvalue weighted by Gasteiger charge is -2.08. The van der Waals surface area contributed by atoms with Gasteiger partial charge in [-0.2, -0.15) is 5.26 Å². The van der Waals surface area contributed by atoms with Crippen LogP contribution in [-0.2, 0) is 16.0 Å². The number of methoxy groups -OCH3 is 4. The zero-order valence-corrected chi connectivity index (χ0v) is 80.8. The fourth-order valence-corrected chi connectivity index (χ4v) is 11.4. The summed E-state index contributed by atoms with van der Waals surface area (Å²) >= 11 is 39.3. The number of nitrogens with zero attached hydrogens (tertiary/aromatic N) is 1. The Balaban J connectivity index is 0.000000365. The normalized spacial score (nSPS) is 9.17. The van der Waals surface area contributed by atoms with Crippen molar-refractivity contribution in [2.75, 3.05) is 50.5 Å². The highest BCUT2D eigenvalue weighted by molar-refractivity contribution is 6.35. The smallest absolute Gasteiger partial charge is 0.221 e. The van der Waals surface area contributed by atoms with E-state index in [9.17, 15) is 9.59 Å². The quantitative estimate of drug-likeness (QED) is 0.0910. The minimum absolute atomic E-state index is 0.0359. The number of carbonyl (C=O) groups excluding carboxylic acids is 2. The number of ether oxygens (including phenoxy) is 5. The first-order valence-electron chi connectivity index (χ1n) is 41.3. The van der Waals surface area contributed by atoms with Crippen molar-refractivity contribution < 1.29 is 33.3 Å². The van der Waals surface area contributed by atoms with E-state index < -0.39 is 0 Å². The molecule has 0 unspecified atom stereocenters. The molecule has 0 saturated heterocycles. The van der Waals surface area contributed by atoms with Gasteiger partial charge in [0.25, 0.3) is 0 Å². The number of anilines is 4. The fourth-order valence-electron chi connectivity index (χ4n) is 10.2. The zero-order chi connectivity index (χ0) is 95.9. The number of benzene rings is 16. The van der Waals surface area contributed by atoms with Crippen LogP contribution in [0, 0.1) is 39.0 Å². The predicted molar refractivity (Wildman–Crippen MR) is 559 cm³/mol. The van der Waals surface area contributed by atoms with Gasteiger partial charge in [0.15, 0.2) is 11.5 Å². The van der Waals surface area contributed by atoms with Gasteiger partial charge < -0.3 is 45.8 Å². The highest BCUT2D eigenvalue weighted by Gasteiger charge is 2.03. The van der Waals surface area contributed by atoms with Crippen molar-refractivity contribution in [3.8, 4) is 51.7 Å². The summed E-state index contributed by atoms with van der Waals surface area (Å²) in [5.41, 5.74) is 23.3. The van der Waals surface area contributed by atoms with Gasteiger partial charge in [-0.25, -0.2) is 0 Å². The van der Waals surface area contributed by atoms with E-state index >= 15 is 0 Å². The van der Waals surface area contributed by atoms with Gasteiger partial charge >= 0.3 is 0 Å². The summed E-state index contributed by atoms with van der Waals surface area (Å²) in [6.45, 7) is 13.4. The molecule has 12 nitrogen and oxygen atoms in total. The third kappa shape index (κ3) is 54.5. The highest BCUT2D eigenvalue weighted by Crippen LogP contribution is 2.27. The second-order valence-electron chi connectivity index (χ2n) is 27.2. The molecule has 0 saturated carbocycles. The lowest BCUT2D eigenvalue weighted by Crippen LogP contribution is -2.05. The number of halogens is 7. The molecule has 0 aliphatic heterocycles. The summed E-state index contributed by atoms with van der Waals surface area (Å²) in [6.07, 6.45) is 2.45. The van der Waals surface area contributed by atoms with E-state index in [0.717, 1.165) is 66.5 Å². The van der Waals surface area contributed by atoms with Crippen LogP contribution < -0.4 is 45.8 Å². The average molecular weight is 1890 g/mol. The first-order valence-corrected chi connectivity index (χ1v) is 43.9. The van der Waals surface area contributed by atoms with Crippen LogP contribution in [0.25, 0.3) is 11.1 Å². The number of hydrogen-bond donors (Lipinski definition) is 4. The molecule has 16 aromatic carbocycles. The van der Waals surface area contributed by atoms with Crippen LogP contribution in [0.15, 0.2) is 431 Å². The fraction of sp³-hybridized carbons (Fsp3) is 0.116. The maximum atomic E-state index is 10.6. The van der Waals surface area contributed by atoms with E-state index in [0.29, 0.717) is 37.0 Å². The second kappa shape index (κ2) is 70.5. The van der Waals surface area contributed by atoms with Gasteiger partial charge in [0.1, 0.15) is 23.0 Å². The molecular weight excluding hydrogens is 1780 g/mol. The molecule has 6 N–H and O–H groups in total. The van der Waals surface area contributed by atoms with Gasteiger partial charge in [0, 0.05) is 50.3 Å². The molecule has 19 heteroatoms. The largest absolute Gasteiger partial charge is 0.497 e. The summed E-state index contributed by atoms with van der Waals surface area (Å²) in [4.78, 5) is 21.1. The van der Waals surface area contributed by atoms with Crippen molar-refractivity contribution in [3.05, 3.63) is 499 Å². The molecule has 678 valence electrons. The van der Waals surface area contributed by atoms with Crippen molar-refractivity contribution in [2.24, 2.45) is 0 Å². The molecule has 0 bridgehead atoms. The number of aryl methyl sites for hydroxylation is 4. The van der Waals surface area contributed by atoms with Gasteiger partial charge in [-0.1, -0.05) is 361 Å². The Morgan fingerprint density at radius 3 is 1.03 bits per heavy atom. The molecule has 0 spiro atoms. The van der Waals surface area contributed by atoms with Crippen molar-refractivity contribution >= 4 is 116 Å². The number of nitriles is 1. The van der Waals surface area contributed by atoms with E-state index in [1.165, 1.54) is 60.1 Å². The Hall–Kier alpha value is -13.4. The molecule has 0 fully saturated rings. The topological polar surface area (TPSA) is 180 Å². The SMILES string of the molecule is CC(=O)Nc1ccccc1.CC(=O)Nc1ccccc1Cl.CCCc1ccccc1.COc1cc(C)cc(C)c1C.COc1ccccc1.COc1ccccc1OC.Cc1ccccc1Cl.Clc1ccc(Cl)cc1.Clc1cccc(Cl)c1.N#Cc1ccccc1.Nc1ccccc1.Nc1ccccc1Cl.c1ccc(-c2ccccc2)cc1.c1ccc(Oc2ccccc2)cc1. The first-order chi connectivity index (χ1) is 63.3. The van der Waals surface area contributed by atoms with Crippen LogP contribution >= 0.6 is 81.2 Å². The van der Waals surface area contributed by atoms with Crippen molar-refractivity contribution in [3.63, 3.8) is 0 Å². The van der Waals surface area contributed by atoms with Crippen LogP contribution in [0.3, 0.4) is 0 Å². The lowest BCUT2D eigenvalue weighted by molar-refractivity contribution is -0.115. The Morgan fingerprint density at radius 2 is 0.702 bits per heavy atom. The number of carbonyl (C=O) groups is 2.